The summed E-state index contributed by atoms with van der Waals surface area (Å²) in [4.78, 5) is 17.1. The third-order valence-electron chi connectivity index (χ3n) is 4.63. The third-order valence-corrected chi connectivity index (χ3v) is 4.88. The molecule has 2 aromatic carbocycles. The van der Waals surface area contributed by atoms with Gasteiger partial charge in [-0.1, -0.05) is 35.9 Å². The van der Waals surface area contributed by atoms with Crippen molar-refractivity contribution in [3.8, 4) is 0 Å². The molecule has 1 heterocycles. The number of rotatable bonds is 4. The molecule has 1 amide bonds. The molecule has 0 bridgehead atoms. The van der Waals surface area contributed by atoms with Crippen LogP contribution in [0.4, 0.5) is 0 Å². The number of hydrogen-bond donors (Lipinski definition) is 1. The zero-order chi connectivity index (χ0) is 17.6. The highest BCUT2D eigenvalue weighted by Crippen LogP contribution is 2.14. The second-order valence-electron chi connectivity index (χ2n) is 6.45. The first kappa shape index (κ1) is 23.7. The number of halogens is 3. The minimum Gasteiger partial charge on any atom is -0.337 e. The maximum absolute atomic E-state index is 12.7. The van der Waals surface area contributed by atoms with Crippen molar-refractivity contribution in [2.45, 2.75) is 19.5 Å². The molecular formula is C20H26Cl3N3O. The molecule has 27 heavy (non-hydrogen) atoms. The number of nitrogens with two attached hydrogens (primary N) is 1. The van der Waals surface area contributed by atoms with Gasteiger partial charge in [-0.25, -0.2) is 0 Å². The molecule has 1 saturated heterocycles. The van der Waals surface area contributed by atoms with E-state index in [0.29, 0.717) is 6.54 Å². The number of nitrogens with zero attached hydrogens (tertiary/aromatic N) is 2. The zero-order valence-corrected chi connectivity index (χ0v) is 17.5. The summed E-state index contributed by atoms with van der Waals surface area (Å²) in [7, 11) is 0. The molecule has 2 N–H and O–H groups in total. The predicted octanol–water partition coefficient (Wildman–Crippen LogP) is 3.99. The van der Waals surface area contributed by atoms with Crippen molar-refractivity contribution in [3.63, 3.8) is 0 Å². The Hall–Kier alpha value is -1.30. The van der Waals surface area contributed by atoms with E-state index in [4.69, 9.17) is 17.3 Å². The van der Waals surface area contributed by atoms with Crippen LogP contribution in [0.5, 0.6) is 0 Å². The van der Waals surface area contributed by atoms with E-state index in [1.807, 2.05) is 41.3 Å². The molecule has 0 unspecified atom stereocenters. The smallest absolute Gasteiger partial charge is 0.253 e. The van der Waals surface area contributed by atoms with Crippen LogP contribution in [0.1, 0.15) is 27.9 Å². The molecule has 0 spiro atoms. The second kappa shape index (κ2) is 11.5. The highest BCUT2D eigenvalue weighted by atomic mass is 35.5. The monoisotopic (exact) mass is 429 g/mol. The van der Waals surface area contributed by atoms with E-state index in [9.17, 15) is 4.79 Å². The Morgan fingerprint density at radius 3 is 2.15 bits per heavy atom. The summed E-state index contributed by atoms with van der Waals surface area (Å²) in [6, 6.07) is 15.6. The molecule has 3 rings (SSSR count). The van der Waals surface area contributed by atoms with Crippen LogP contribution in [-0.4, -0.2) is 41.9 Å². The molecule has 148 valence electrons. The fraction of sp³-hybridized carbons (Fsp3) is 0.350. The number of carbonyl (C=O) groups is 1. The molecule has 2 aromatic rings. The lowest BCUT2D eigenvalue weighted by atomic mass is 10.1. The fourth-order valence-corrected chi connectivity index (χ4v) is 3.27. The van der Waals surface area contributed by atoms with Crippen LogP contribution in [0.15, 0.2) is 48.5 Å². The average Bonchev–Trinajstić information content (AvgIpc) is 2.89. The van der Waals surface area contributed by atoms with Gasteiger partial charge in [-0.05, 0) is 41.8 Å². The molecule has 1 fully saturated rings. The maximum atomic E-state index is 12.7. The van der Waals surface area contributed by atoms with Gasteiger partial charge in [-0.3, -0.25) is 9.69 Å². The first-order valence-corrected chi connectivity index (χ1v) is 9.08. The zero-order valence-electron chi connectivity index (χ0n) is 15.1. The number of benzene rings is 2. The first-order valence-electron chi connectivity index (χ1n) is 8.71. The highest BCUT2D eigenvalue weighted by Gasteiger charge is 2.20. The van der Waals surface area contributed by atoms with Crippen LogP contribution in [0.2, 0.25) is 5.02 Å². The van der Waals surface area contributed by atoms with Crippen LogP contribution < -0.4 is 5.73 Å². The molecule has 7 heteroatoms. The third kappa shape index (κ3) is 6.66. The molecule has 0 atom stereocenters. The normalized spacial score (nSPS) is 14.7. The molecule has 4 nitrogen and oxygen atoms in total. The van der Waals surface area contributed by atoms with Crippen molar-refractivity contribution < 1.29 is 4.79 Å². The summed E-state index contributed by atoms with van der Waals surface area (Å²) in [6.07, 6.45) is 0.986. The number of amides is 1. The average molecular weight is 431 g/mol. The van der Waals surface area contributed by atoms with E-state index in [-0.39, 0.29) is 30.7 Å². The van der Waals surface area contributed by atoms with Crippen LogP contribution in [0.25, 0.3) is 0 Å². The standard InChI is InChI=1S/C20H24ClN3O.2ClH/c21-19-8-4-17(5-9-19)15-23-10-1-11-24(13-12-23)20(25)18-6-2-16(14-22)3-7-18;;/h2-9H,1,10-15,22H2;2*1H. The Morgan fingerprint density at radius 2 is 1.52 bits per heavy atom. The van der Waals surface area contributed by atoms with Crippen molar-refractivity contribution in [1.82, 2.24) is 9.80 Å². The largest absolute Gasteiger partial charge is 0.337 e. The summed E-state index contributed by atoms with van der Waals surface area (Å²) in [5.74, 6) is 0.108. The SMILES string of the molecule is Cl.Cl.NCc1ccc(C(=O)N2CCCN(Cc3ccc(Cl)cc3)CC2)cc1. The van der Waals surface area contributed by atoms with E-state index in [2.05, 4.69) is 17.0 Å². The lowest BCUT2D eigenvalue weighted by molar-refractivity contribution is 0.0761. The molecular weight excluding hydrogens is 405 g/mol. The molecule has 1 aliphatic heterocycles. The van der Waals surface area contributed by atoms with Crippen LogP contribution in [-0.2, 0) is 13.1 Å². The number of hydrogen-bond acceptors (Lipinski definition) is 3. The van der Waals surface area contributed by atoms with Crippen molar-refractivity contribution in [3.05, 3.63) is 70.2 Å². The number of carbonyl (C=O) groups excluding carboxylic acids is 1. The molecule has 1 aliphatic rings. The van der Waals surface area contributed by atoms with E-state index in [1.54, 1.807) is 0 Å². The minimum absolute atomic E-state index is 0. The first-order chi connectivity index (χ1) is 12.2. The van der Waals surface area contributed by atoms with E-state index >= 15 is 0 Å². The Balaban J connectivity index is 0.00000182. The summed E-state index contributed by atoms with van der Waals surface area (Å²) in [5.41, 5.74) is 8.65. The quantitative estimate of drug-likeness (QED) is 0.798. The summed E-state index contributed by atoms with van der Waals surface area (Å²) < 4.78 is 0. The van der Waals surface area contributed by atoms with Gasteiger partial charge in [0.25, 0.3) is 5.91 Å². The lowest BCUT2D eigenvalue weighted by Gasteiger charge is -2.22. The Morgan fingerprint density at radius 1 is 0.889 bits per heavy atom. The van der Waals surface area contributed by atoms with Crippen molar-refractivity contribution in [1.29, 1.82) is 0 Å². The summed E-state index contributed by atoms with van der Waals surface area (Å²) in [5, 5.41) is 0.761. The van der Waals surface area contributed by atoms with Gasteiger partial charge in [0.05, 0.1) is 0 Å². The second-order valence-corrected chi connectivity index (χ2v) is 6.89. The molecule has 0 aromatic heterocycles. The summed E-state index contributed by atoms with van der Waals surface area (Å²) >= 11 is 5.95. The molecule has 0 aliphatic carbocycles. The van der Waals surface area contributed by atoms with Crippen LogP contribution in [0.3, 0.4) is 0 Å². The Labute approximate surface area is 178 Å². The van der Waals surface area contributed by atoms with Crippen molar-refractivity contribution in [2.24, 2.45) is 5.73 Å². The van der Waals surface area contributed by atoms with E-state index in [1.165, 1.54) is 5.56 Å². The van der Waals surface area contributed by atoms with Gasteiger partial charge in [0.15, 0.2) is 0 Å². The van der Waals surface area contributed by atoms with Gasteiger partial charge in [-0.2, -0.15) is 0 Å². The van der Waals surface area contributed by atoms with Gasteiger partial charge in [-0.15, -0.1) is 24.8 Å². The van der Waals surface area contributed by atoms with Crippen LogP contribution >= 0.6 is 36.4 Å². The predicted molar refractivity (Wildman–Crippen MR) is 116 cm³/mol. The van der Waals surface area contributed by atoms with E-state index in [0.717, 1.165) is 55.3 Å². The van der Waals surface area contributed by atoms with Crippen molar-refractivity contribution in [2.75, 3.05) is 26.2 Å². The molecule has 0 saturated carbocycles. The van der Waals surface area contributed by atoms with Gasteiger partial charge >= 0.3 is 0 Å². The molecule has 0 radical (unpaired) electrons. The Bertz CT molecular complexity index is 707. The fourth-order valence-electron chi connectivity index (χ4n) is 3.15. The van der Waals surface area contributed by atoms with E-state index < -0.39 is 0 Å². The Kier molecular flexibility index (Phi) is 10.1. The maximum Gasteiger partial charge on any atom is 0.253 e. The highest BCUT2D eigenvalue weighted by molar-refractivity contribution is 6.30. The van der Waals surface area contributed by atoms with Crippen LogP contribution in [0, 0.1) is 0 Å². The van der Waals surface area contributed by atoms with Gasteiger partial charge < -0.3 is 10.6 Å². The minimum atomic E-state index is 0. The summed E-state index contributed by atoms with van der Waals surface area (Å²) in [6.45, 7) is 4.83. The van der Waals surface area contributed by atoms with Gasteiger partial charge in [0.1, 0.15) is 0 Å². The van der Waals surface area contributed by atoms with Gasteiger partial charge in [0.2, 0.25) is 0 Å². The topological polar surface area (TPSA) is 49.6 Å². The lowest BCUT2D eigenvalue weighted by Crippen LogP contribution is -2.35. The van der Waals surface area contributed by atoms with Gasteiger partial charge in [0, 0.05) is 49.9 Å². The van der Waals surface area contributed by atoms with Crippen molar-refractivity contribution >= 4 is 42.3 Å².